The SMILES string of the molecule is CCCCCC.CCCCCC.CCCCCC.CCOCC.Cc1ccccc1. The maximum Gasteiger partial charge on any atom is 0.0437 e. The normalized spacial score (nSPS) is 8.83. The van der Waals surface area contributed by atoms with Crippen LogP contribution in [0, 0.1) is 6.92 Å². The molecule has 30 heavy (non-hydrogen) atoms. The molecule has 1 aromatic rings. The lowest BCUT2D eigenvalue weighted by molar-refractivity contribution is 0.162. The zero-order valence-electron chi connectivity index (χ0n) is 22.7. The Morgan fingerprint density at radius 1 is 0.467 bits per heavy atom. The number of hydrogen-bond acceptors (Lipinski definition) is 1. The second-order valence-electron chi connectivity index (χ2n) is 7.56. The molecule has 0 saturated carbocycles. The van der Waals surface area contributed by atoms with Gasteiger partial charge in [0.1, 0.15) is 0 Å². The zero-order valence-corrected chi connectivity index (χ0v) is 22.7. The third kappa shape index (κ3) is 56.4. The van der Waals surface area contributed by atoms with Crippen LogP contribution in [0.1, 0.15) is 138 Å². The lowest BCUT2D eigenvalue weighted by Gasteiger charge is -1.86. The van der Waals surface area contributed by atoms with E-state index in [4.69, 9.17) is 4.74 Å². The van der Waals surface area contributed by atoms with Gasteiger partial charge in [0.25, 0.3) is 0 Å². The van der Waals surface area contributed by atoms with E-state index in [2.05, 4.69) is 60.6 Å². The maximum absolute atomic E-state index is 4.83. The summed E-state index contributed by atoms with van der Waals surface area (Å²) < 4.78 is 4.83. The summed E-state index contributed by atoms with van der Waals surface area (Å²) in [7, 11) is 0. The van der Waals surface area contributed by atoms with E-state index in [9.17, 15) is 0 Å². The third-order valence-corrected chi connectivity index (χ3v) is 4.22. The second-order valence-corrected chi connectivity index (χ2v) is 7.56. The first kappa shape index (κ1) is 36.5. The van der Waals surface area contributed by atoms with E-state index in [1.165, 1.54) is 82.6 Å². The van der Waals surface area contributed by atoms with Crippen molar-refractivity contribution in [1.82, 2.24) is 0 Å². The Hall–Kier alpha value is -0.820. The standard InChI is InChI=1S/C7H8.3C6H14.C4H10O/c1-7-5-3-2-4-6-7;3*1-3-5-6-4-2;1-3-5-4-2/h2-6H,1H3;3*3-6H2,1-2H3;3-4H2,1-2H3. The first-order valence-electron chi connectivity index (χ1n) is 13.1. The van der Waals surface area contributed by atoms with Gasteiger partial charge in [-0.25, -0.2) is 0 Å². The van der Waals surface area contributed by atoms with Crippen LogP contribution in [0.3, 0.4) is 0 Å². The van der Waals surface area contributed by atoms with Gasteiger partial charge in [-0.3, -0.25) is 0 Å². The van der Waals surface area contributed by atoms with Gasteiger partial charge in [0.15, 0.2) is 0 Å². The lowest BCUT2D eigenvalue weighted by atomic mass is 10.2. The van der Waals surface area contributed by atoms with Gasteiger partial charge in [-0.05, 0) is 20.8 Å². The Balaban J connectivity index is -0.000000142. The van der Waals surface area contributed by atoms with Crippen LogP contribution in [-0.4, -0.2) is 13.2 Å². The second kappa shape index (κ2) is 42.3. The van der Waals surface area contributed by atoms with E-state index in [0.717, 1.165) is 13.2 Å². The predicted octanol–water partition coefficient (Wildman–Crippen LogP) is 10.8. The molecule has 0 aliphatic heterocycles. The fourth-order valence-corrected chi connectivity index (χ4v) is 2.24. The number of hydrogen-bond donors (Lipinski definition) is 0. The van der Waals surface area contributed by atoms with Crippen LogP contribution in [0.5, 0.6) is 0 Å². The van der Waals surface area contributed by atoms with Crippen LogP contribution in [-0.2, 0) is 4.74 Å². The summed E-state index contributed by atoms with van der Waals surface area (Å²) in [4.78, 5) is 0. The highest BCUT2D eigenvalue weighted by molar-refractivity contribution is 5.11. The van der Waals surface area contributed by atoms with Crippen LogP contribution in [0.25, 0.3) is 0 Å². The molecule has 0 atom stereocenters. The lowest BCUT2D eigenvalue weighted by Crippen LogP contribution is -1.84. The van der Waals surface area contributed by atoms with E-state index < -0.39 is 0 Å². The highest BCUT2D eigenvalue weighted by Crippen LogP contribution is 1.96. The number of unbranched alkanes of at least 4 members (excludes halogenated alkanes) is 9. The van der Waals surface area contributed by atoms with Crippen molar-refractivity contribution in [3.05, 3.63) is 35.9 Å². The van der Waals surface area contributed by atoms with Crippen molar-refractivity contribution in [2.45, 2.75) is 139 Å². The average molecular weight is 425 g/mol. The van der Waals surface area contributed by atoms with Gasteiger partial charge >= 0.3 is 0 Å². The van der Waals surface area contributed by atoms with Crippen molar-refractivity contribution in [1.29, 1.82) is 0 Å². The van der Waals surface area contributed by atoms with Crippen molar-refractivity contribution >= 4 is 0 Å². The summed E-state index contributed by atoms with van der Waals surface area (Å²) in [6.07, 6.45) is 16.6. The molecule has 1 aromatic carbocycles. The van der Waals surface area contributed by atoms with E-state index in [1.54, 1.807) is 0 Å². The largest absolute Gasteiger partial charge is 0.382 e. The van der Waals surface area contributed by atoms with Gasteiger partial charge in [0.2, 0.25) is 0 Å². The number of benzene rings is 1. The molecule has 0 fully saturated rings. The third-order valence-electron chi connectivity index (χ3n) is 4.22. The van der Waals surface area contributed by atoms with Crippen LogP contribution in [0.2, 0.25) is 0 Å². The Labute approximate surface area is 193 Å². The molecule has 0 spiro atoms. The molecule has 0 amide bonds. The molecule has 1 nitrogen and oxygen atoms in total. The minimum Gasteiger partial charge on any atom is -0.382 e. The molecule has 0 N–H and O–H groups in total. The molecule has 0 heterocycles. The maximum atomic E-state index is 4.83. The quantitative estimate of drug-likeness (QED) is 0.321. The Kier molecular flexibility index (Phi) is 51.6. The van der Waals surface area contributed by atoms with Crippen LogP contribution in [0.15, 0.2) is 30.3 Å². The van der Waals surface area contributed by atoms with Crippen molar-refractivity contribution in [2.75, 3.05) is 13.2 Å². The molecular formula is C29H60O. The predicted molar refractivity (Wildman–Crippen MR) is 143 cm³/mol. The minimum absolute atomic E-state index is 0.844. The number of rotatable bonds is 11. The van der Waals surface area contributed by atoms with E-state index in [1.807, 2.05) is 32.0 Å². The molecule has 0 bridgehead atoms. The van der Waals surface area contributed by atoms with Gasteiger partial charge in [-0.2, -0.15) is 0 Å². The van der Waals surface area contributed by atoms with Crippen molar-refractivity contribution in [3.8, 4) is 0 Å². The van der Waals surface area contributed by atoms with E-state index in [-0.39, 0.29) is 0 Å². The van der Waals surface area contributed by atoms with Gasteiger partial charge < -0.3 is 4.74 Å². The molecule has 0 saturated heterocycles. The Bertz CT molecular complexity index is 287. The monoisotopic (exact) mass is 424 g/mol. The van der Waals surface area contributed by atoms with Crippen molar-refractivity contribution in [2.24, 2.45) is 0 Å². The first-order valence-corrected chi connectivity index (χ1v) is 13.1. The van der Waals surface area contributed by atoms with Gasteiger partial charge in [-0.15, -0.1) is 0 Å². The minimum atomic E-state index is 0.844. The summed E-state index contributed by atoms with van der Waals surface area (Å²) in [5, 5.41) is 0. The van der Waals surface area contributed by atoms with Crippen molar-refractivity contribution < 1.29 is 4.74 Å². The molecule has 0 aliphatic carbocycles. The summed E-state index contributed by atoms with van der Waals surface area (Å²) in [6, 6.07) is 10.3. The molecule has 0 aromatic heterocycles. The molecule has 0 radical (unpaired) electrons. The Morgan fingerprint density at radius 2 is 0.733 bits per heavy atom. The summed E-state index contributed by atoms with van der Waals surface area (Å²) in [6.45, 7) is 21.1. The van der Waals surface area contributed by atoms with Crippen LogP contribution < -0.4 is 0 Å². The van der Waals surface area contributed by atoms with Crippen molar-refractivity contribution in [3.63, 3.8) is 0 Å². The molecule has 0 unspecified atom stereocenters. The number of ether oxygens (including phenoxy) is 1. The molecule has 1 heteroatoms. The highest BCUT2D eigenvalue weighted by Gasteiger charge is 1.76. The summed E-state index contributed by atoms with van der Waals surface area (Å²) >= 11 is 0. The van der Waals surface area contributed by atoms with Crippen LogP contribution in [0.4, 0.5) is 0 Å². The molecule has 1 rings (SSSR count). The fourth-order valence-electron chi connectivity index (χ4n) is 2.24. The van der Waals surface area contributed by atoms with E-state index in [0.29, 0.717) is 0 Å². The summed E-state index contributed by atoms with van der Waals surface area (Å²) in [5.74, 6) is 0. The molecular weight excluding hydrogens is 364 g/mol. The van der Waals surface area contributed by atoms with Crippen LogP contribution >= 0.6 is 0 Å². The zero-order chi connectivity index (χ0) is 23.7. The van der Waals surface area contributed by atoms with Gasteiger partial charge in [0, 0.05) is 13.2 Å². The average Bonchev–Trinajstić information content (AvgIpc) is 2.77. The Morgan fingerprint density at radius 3 is 0.833 bits per heavy atom. The molecule has 0 aliphatic rings. The fraction of sp³-hybridized carbons (Fsp3) is 0.793. The highest BCUT2D eigenvalue weighted by atomic mass is 16.5. The van der Waals surface area contributed by atoms with Gasteiger partial charge in [-0.1, -0.05) is 154 Å². The summed E-state index contributed by atoms with van der Waals surface area (Å²) in [5.41, 5.74) is 1.32. The van der Waals surface area contributed by atoms with E-state index >= 15 is 0 Å². The number of aryl methyl sites for hydroxylation is 1. The topological polar surface area (TPSA) is 9.23 Å². The molecule has 182 valence electrons. The smallest absolute Gasteiger partial charge is 0.0437 e. The van der Waals surface area contributed by atoms with Gasteiger partial charge in [0.05, 0.1) is 0 Å². The first-order chi connectivity index (χ1) is 14.6.